The molecule has 0 N–H and O–H groups in total. The molecule has 124 valence electrons. The van der Waals surface area contributed by atoms with Crippen LogP contribution in [0.5, 0.6) is 0 Å². The Morgan fingerprint density at radius 2 is 0.625 bits per heavy atom. The van der Waals surface area contributed by atoms with Crippen LogP contribution in [0.1, 0.15) is 16.3 Å². The van der Waals surface area contributed by atoms with E-state index >= 15 is 0 Å². The predicted molar refractivity (Wildman–Crippen MR) is 103 cm³/mol. The van der Waals surface area contributed by atoms with Crippen LogP contribution >= 0.6 is 0 Å². The first-order chi connectivity index (χ1) is 10.9. The molecule has 0 unspecified atom stereocenters. The smallest absolute Gasteiger partial charge is 0.0858 e. The largest absolute Gasteiger partial charge is 0.151 e. The molecule has 0 radical (unpaired) electrons. The third kappa shape index (κ3) is 5.57. The normalized spacial score (nSPS) is 10.3. The minimum Gasteiger partial charge on any atom is -0.151 e. The SMILES string of the molecule is C.C.[2HH].c1ccc(N=Nc2ccc(N=Nc3ccccc3)cc2)cc1. The first-order valence-electron chi connectivity index (χ1n) is 6.94. The van der Waals surface area contributed by atoms with Gasteiger partial charge < -0.3 is 0 Å². The molecule has 0 bridgehead atoms. The summed E-state index contributed by atoms with van der Waals surface area (Å²) in [6.07, 6.45) is 0. The number of rotatable bonds is 4. The minimum atomic E-state index is 0. The van der Waals surface area contributed by atoms with Crippen LogP contribution in [0.4, 0.5) is 22.7 Å². The first kappa shape index (κ1) is 18.9. The molecule has 0 aromatic heterocycles. The number of hydrogen-bond acceptors (Lipinski definition) is 4. The molecule has 3 aromatic carbocycles. The van der Waals surface area contributed by atoms with Gasteiger partial charge in [-0.2, -0.15) is 20.5 Å². The van der Waals surface area contributed by atoms with Gasteiger partial charge in [0.15, 0.2) is 0 Å². The second kappa shape index (κ2) is 9.79. The third-order valence-corrected chi connectivity index (χ3v) is 2.92. The molecular formula is C20H24N4. The lowest BCUT2D eigenvalue weighted by atomic mass is 10.3. The van der Waals surface area contributed by atoms with E-state index in [2.05, 4.69) is 20.5 Å². The van der Waals surface area contributed by atoms with Gasteiger partial charge in [-0.1, -0.05) is 51.3 Å². The lowest BCUT2D eigenvalue weighted by Gasteiger charge is -1.95. The molecule has 4 nitrogen and oxygen atoms in total. The molecule has 0 spiro atoms. The Balaban J connectivity index is 0.00000192. The van der Waals surface area contributed by atoms with Crippen molar-refractivity contribution in [2.24, 2.45) is 20.5 Å². The maximum atomic E-state index is 4.19. The van der Waals surface area contributed by atoms with E-state index in [0.29, 0.717) is 0 Å². The molecular weight excluding hydrogens is 296 g/mol. The van der Waals surface area contributed by atoms with Crippen molar-refractivity contribution in [1.29, 1.82) is 0 Å². The summed E-state index contributed by atoms with van der Waals surface area (Å²) in [6.45, 7) is 0. The van der Waals surface area contributed by atoms with E-state index < -0.39 is 0 Å². The van der Waals surface area contributed by atoms with E-state index in [1.807, 2.05) is 84.9 Å². The Hall–Kier alpha value is -3.14. The van der Waals surface area contributed by atoms with E-state index in [-0.39, 0.29) is 16.3 Å². The fourth-order valence-corrected chi connectivity index (χ4v) is 1.81. The van der Waals surface area contributed by atoms with E-state index in [0.717, 1.165) is 22.7 Å². The Labute approximate surface area is 145 Å². The van der Waals surface area contributed by atoms with E-state index in [1.54, 1.807) is 0 Å². The highest BCUT2D eigenvalue weighted by molar-refractivity contribution is 5.48. The zero-order valence-corrected chi connectivity index (χ0v) is 11.9. The highest BCUT2D eigenvalue weighted by atomic mass is 15.1. The van der Waals surface area contributed by atoms with Crippen LogP contribution < -0.4 is 0 Å². The topological polar surface area (TPSA) is 49.4 Å². The molecule has 0 saturated heterocycles. The molecule has 0 aliphatic heterocycles. The van der Waals surface area contributed by atoms with Crippen molar-refractivity contribution in [1.82, 2.24) is 0 Å². The molecule has 0 atom stereocenters. The van der Waals surface area contributed by atoms with Crippen LogP contribution in [0, 0.1) is 0 Å². The number of azo groups is 2. The summed E-state index contributed by atoms with van der Waals surface area (Å²) < 4.78 is 0. The van der Waals surface area contributed by atoms with Crippen molar-refractivity contribution in [3.63, 3.8) is 0 Å². The van der Waals surface area contributed by atoms with Gasteiger partial charge in [-0.25, -0.2) is 0 Å². The van der Waals surface area contributed by atoms with E-state index in [1.165, 1.54) is 0 Å². The summed E-state index contributed by atoms with van der Waals surface area (Å²) in [7, 11) is 0. The molecule has 0 saturated carbocycles. The average Bonchev–Trinajstić information content (AvgIpc) is 2.61. The van der Waals surface area contributed by atoms with Crippen LogP contribution in [0.25, 0.3) is 0 Å². The molecule has 4 heteroatoms. The number of benzene rings is 3. The minimum absolute atomic E-state index is 0. The van der Waals surface area contributed by atoms with Gasteiger partial charge in [0.2, 0.25) is 0 Å². The molecule has 3 rings (SSSR count). The molecule has 0 aliphatic carbocycles. The van der Waals surface area contributed by atoms with Crippen molar-refractivity contribution in [3.8, 4) is 0 Å². The third-order valence-electron chi connectivity index (χ3n) is 2.92. The fraction of sp³-hybridized carbons (Fsp3) is 0.100. The van der Waals surface area contributed by atoms with Crippen molar-refractivity contribution in [2.45, 2.75) is 14.9 Å². The fourth-order valence-electron chi connectivity index (χ4n) is 1.81. The van der Waals surface area contributed by atoms with Crippen molar-refractivity contribution in [3.05, 3.63) is 84.9 Å². The van der Waals surface area contributed by atoms with Gasteiger partial charge in [0.1, 0.15) is 0 Å². The predicted octanol–water partition coefficient (Wildman–Crippen LogP) is 8.04. The molecule has 0 heterocycles. The zero-order chi connectivity index (χ0) is 15.0. The summed E-state index contributed by atoms with van der Waals surface area (Å²) in [4.78, 5) is 0. The second-order valence-electron chi connectivity index (χ2n) is 4.59. The molecule has 0 aliphatic rings. The lowest BCUT2D eigenvalue weighted by Crippen LogP contribution is -1.66. The van der Waals surface area contributed by atoms with Gasteiger partial charge in [0.05, 0.1) is 22.7 Å². The van der Waals surface area contributed by atoms with Gasteiger partial charge in [-0.15, -0.1) is 0 Å². The van der Waals surface area contributed by atoms with Crippen LogP contribution in [0.3, 0.4) is 0 Å². The number of nitrogens with zero attached hydrogens (tertiary/aromatic N) is 4. The summed E-state index contributed by atoms with van der Waals surface area (Å²) >= 11 is 0. The van der Waals surface area contributed by atoms with Gasteiger partial charge in [0, 0.05) is 1.43 Å². The maximum Gasteiger partial charge on any atom is 0.0858 e. The van der Waals surface area contributed by atoms with Crippen LogP contribution in [-0.4, -0.2) is 0 Å². The van der Waals surface area contributed by atoms with Gasteiger partial charge >= 0.3 is 0 Å². The molecule has 0 fully saturated rings. The quantitative estimate of drug-likeness (QED) is 0.436. The first-order valence-corrected chi connectivity index (χ1v) is 6.94. The van der Waals surface area contributed by atoms with E-state index in [4.69, 9.17) is 0 Å². The summed E-state index contributed by atoms with van der Waals surface area (Å²) in [5.74, 6) is 0. The van der Waals surface area contributed by atoms with E-state index in [9.17, 15) is 0 Å². The standard InChI is InChI=1S/C18H14N4.2CH4.H2/c1-3-7-15(8-4-1)19-21-17-11-13-18(14-12-17)22-20-16-9-5-2-6-10-16;;;/h1-14H;2*1H4;1H/i;;;1+1. The summed E-state index contributed by atoms with van der Waals surface area (Å²) in [6, 6.07) is 26.7. The maximum absolute atomic E-state index is 4.19. The highest BCUT2D eigenvalue weighted by Crippen LogP contribution is 2.23. The van der Waals surface area contributed by atoms with Crippen LogP contribution in [0.2, 0.25) is 0 Å². The van der Waals surface area contributed by atoms with Crippen molar-refractivity contribution >= 4 is 22.7 Å². The number of hydrogen-bond donors (Lipinski definition) is 0. The average molecular weight is 321 g/mol. The zero-order valence-electron chi connectivity index (χ0n) is 11.9. The Kier molecular flexibility index (Phi) is 7.71. The van der Waals surface area contributed by atoms with Crippen LogP contribution in [0.15, 0.2) is 105 Å². The summed E-state index contributed by atoms with van der Waals surface area (Å²) in [5, 5.41) is 16.7. The molecule has 24 heavy (non-hydrogen) atoms. The summed E-state index contributed by atoms with van der Waals surface area (Å²) in [5.41, 5.74) is 3.22. The highest BCUT2D eigenvalue weighted by Gasteiger charge is 1.93. The van der Waals surface area contributed by atoms with Crippen LogP contribution in [-0.2, 0) is 0 Å². The molecule has 0 amide bonds. The second-order valence-corrected chi connectivity index (χ2v) is 4.59. The lowest BCUT2D eigenvalue weighted by molar-refractivity contribution is 1.21. The van der Waals surface area contributed by atoms with Gasteiger partial charge in [0.25, 0.3) is 0 Å². The van der Waals surface area contributed by atoms with Crippen molar-refractivity contribution in [2.75, 3.05) is 0 Å². The Morgan fingerprint density at radius 3 is 0.917 bits per heavy atom. The van der Waals surface area contributed by atoms with Gasteiger partial charge in [-0.3, -0.25) is 0 Å². The molecule has 3 aromatic rings. The Bertz CT molecular complexity index is 701. The van der Waals surface area contributed by atoms with Gasteiger partial charge in [-0.05, 0) is 48.5 Å². The Morgan fingerprint density at radius 1 is 0.375 bits per heavy atom. The monoisotopic (exact) mass is 321 g/mol. The van der Waals surface area contributed by atoms with Crippen molar-refractivity contribution < 1.29 is 1.43 Å².